The van der Waals surface area contributed by atoms with Crippen LogP contribution in [-0.4, -0.2) is 17.4 Å². The van der Waals surface area contributed by atoms with Crippen molar-refractivity contribution in [3.63, 3.8) is 0 Å². The van der Waals surface area contributed by atoms with E-state index >= 15 is 0 Å². The second-order valence-corrected chi connectivity index (χ2v) is 4.56. The van der Waals surface area contributed by atoms with E-state index in [9.17, 15) is 4.79 Å². The van der Waals surface area contributed by atoms with Crippen molar-refractivity contribution in [2.45, 2.75) is 6.42 Å². The van der Waals surface area contributed by atoms with Gasteiger partial charge in [0.15, 0.2) is 0 Å². The van der Waals surface area contributed by atoms with Crippen LogP contribution in [0.25, 0.3) is 10.8 Å². The van der Waals surface area contributed by atoms with Crippen molar-refractivity contribution in [2.24, 2.45) is 5.73 Å². The zero-order valence-corrected chi connectivity index (χ0v) is 10.7. The molecular formula is C14H14N2OS. The third-order valence-electron chi connectivity index (χ3n) is 2.67. The molecule has 4 heteroatoms. The quantitative estimate of drug-likeness (QED) is 0.827. The molecule has 0 atom stereocenters. The fourth-order valence-corrected chi connectivity index (χ4v) is 1.83. The molecule has 1 amide bonds. The number of nitrogens with one attached hydrogen (secondary N) is 1. The van der Waals surface area contributed by atoms with Gasteiger partial charge in [0.05, 0.1) is 4.99 Å². The molecule has 0 aliphatic carbocycles. The van der Waals surface area contributed by atoms with Crippen molar-refractivity contribution in [1.29, 1.82) is 0 Å². The molecule has 0 spiro atoms. The third kappa shape index (κ3) is 3.05. The van der Waals surface area contributed by atoms with Gasteiger partial charge in [-0.1, -0.05) is 42.5 Å². The summed E-state index contributed by atoms with van der Waals surface area (Å²) in [4.78, 5) is 12.3. The molecular weight excluding hydrogens is 244 g/mol. The molecule has 18 heavy (non-hydrogen) atoms. The summed E-state index contributed by atoms with van der Waals surface area (Å²) < 4.78 is 0. The maximum Gasteiger partial charge on any atom is 0.251 e. The number of carbonyl (C=O) groups is 1. The van der Waals surface area contributed by atoms with E-state index in [-0.39, 0.29) is 5.91 Å². The van der Waals surface area contributed by atoms with Crippen LogP contribution in [-0.2, 0) is 0 Å². The number of rotatable bonds is 4. The van der Waals surface area contributed by atoms with E-state index in [0.29, 0.717) is 23.5 Å². The first-order valence-corrected chi connectivity index (χ1v) is 6.13. The Labute approximate surface area is 111 Å². The number of fused-ring (bicyclic) bond motifs is 1. The van der Waals surface area contributed by atoms with E-state index in [1.807, 2.05) is 42.5 Å². The first-order chi connectivity index (χ1) is 8.66. The normalized spacial score (nSPS) is 10.2. The Bertz CT molecular complexity index is 595. The zero-order valence-electron chi connectivity index (χ0n) is 9.85. The summed E-state index contributed by atoms with van der Waals surface area (Å²) in [5, 5.41) is 4.97. The Morgan fingerprint density at radius 3 is 2.61 bits per heavy atom. The predicted molar refractivity (Wildman–Crippen MR) is 77.7 cm³/mol. The predicted octanol–water partition coefficient (Wildman–Crippen LogP) is 2.25. The number of benzene rings is 2. The van der Waals surface area contributed by atoms with E-state index < -0.39 is 0 Å². The van der Waals surface area contributed by atoms with Gasteiger partial charge in [-0.3, -0.25) is 4.79 Å². The maximum absolute atomic E-state index is 11.9. The summed E-state index contributed by atoms with van der Waals surface area (Å²) in [6.07, 6.45) is 0.522. The Morgan fingerprint density at radius 2 is 1.89 bits per heavy atom. The second kappa shape index (κ2) is 5.60. The molecule has 0 saturated carbocycles. The van der Waals surface area contributed by atoms with Gasteiger partial charge < -0.3 is 11.1 Å². The Kier molecular flexibility index (Phi) is 3.89. The molecule has 0 aromatic heterocycles. The topological polar surface area (TPSA) is 55.1 Å². The van der Waals surface area contributed by atoms with Crippen LogP contribution in [0.2, 0.25) is 0 Å². The molecule has 0 heterocycles. The lowest BCUT2D eigenvalue weighted by Gasteiger charge is -2.05. The van der Waals surface area contributed by atoms with Crippen LogP contribution < -0.4 is 11.1 Å². The summed E-state index contributed by atoms with van der Waals surface area (Å²) in [6, 6.07) is 13.6. The van der Waals surface area contributed by atoms with Gasteiger partial charge >= 0.3 is 0 Å². The minimum absolute atomic E-state index is 0.1000. The first kappa shape index (κ1) is 12.5. The largest absolute Gasteiger partial charge is 0.393 e. The summed E-state index contributed by atoms with van der Waals surface area (Å²) >= 11 is 4.75. The molecule has 2 aromatic carbocycles. The number of hydrogen-bond donors (Lipinski definition) is 2. The molecule has 0 fully saturated rings. The van der Waals surface area contributed by atoms with Crippen LogP contribution in [0.3, 0.4) is 0 Å². The van der Waals surface area contributed by atoms with Crippen molar-refractivity contribution >= 4 is 33.9 Å². The van der Waals surface area contributed by atoms with Crippen LogP contribution in [0.5, 0.6) is 0 Å². The van der Waals surface area contributed by atoms with Crippen molar-refractivity contribution in [3.05, 3.63) is 48.0 Å². The highest BCUT2D eigenvalue weighted by Crippen LogP contribution is 2.15. The highest BCUT2D eigenvalue weighted by Gasteiger charge is 2.05. The van der Waals surface area contributed by atoms with Crippen molar-refractivity contribution in [2.75, 3.05) is 6.54 Å². The molecule has 3 N–H and O–H groups in total. The van der Waals surface area contributed by atoms with E-state index in [1.165, 1.54) is 0 Å². The van der Waals surface area contributed by atoms with Gasteiger partial charge in [0.1, 0.15) is 0 Å². The lowest BCUT2D eigenvalue weighted by Crippen LogP contribution is -2.27. The molecule has 0 unspecified atom stereocenters. The van der Waals surface area contributed by atoms with Crippen LogP contribution in [0, 0.1) is 0 Å². The number of thiocarbonyl (C=S) groups is 1. The summed E-state index contributed by atoms with van der Waals surface area (Å²) in [6.45, 7) is 0.473. The molecule has 0 aliphatic rings. The zero-order chi connectivity index (χ0) is 13.0. The van der Waals surface area contributed by atoms with E-state index in [4.69, 9.17) is 18.0 Å². The van der Waals surface area contributed by atoms with Crippen molar-refractivity contribution in [3.8, 4) is 0 Å². The molecule has 3 nitrogen and oxygen atoms in total. The van der Waals surface area contributed by atoms with Crippen LogP contribution in [0.4, 0.5) is 0 Å². The van der Waals surface area contributed by atoms with Crippen molar-refractivity contribution < 1.29 is 4.79 Å². The van der Waals surface area contributed by atoms with Crippen molar-refractivity contribution in [1.82, 2.24) is 5.32 Å². The highest BCUT2D eigenvalue weighted by atomic mass is 32.1. The fraction of sp³-hybridized carbons (Fsp3) is 0.143. The standard InChI is InChI=1S/C14H14N2OS/c15-13(18)7-8-16-14(17)12-6-5-10-3-1-2-4-11(10)9-12/h1-6,9H,7-8H2,(H2,15,18)(H,16,17). The third-order valence-corrected chi connectivity index (χ3v) is 2.87. The molecule has 0 radical (unpaired) electrons. The summed E-state index contributed by atoms with van der Waals surface area (Å²) in [5.74, 6) is -0.1000. The molecule has 0 aliphatic heterocycles. The average molecular weight is 258 g/mol. The van der Waals surface area contributed by atoms with Gasteiger partial charge in [0, 0.05) is 18.5 Å². The maximum atomic E-state index is 11.9. The molecule has 2 aromatic rings. The van der Waals surface area contributed by atoms with E-state index in [1.54, 1.807) is 0 Å². The van der Waals surface area contributed by atoms with Gasteiger partial charge in [-0.05, 0) is 22.9 Å². The van der Waals surface area contributed by atoms with Gasteiger partial charge in [0.2, 0.25) is 0 Å². The first-order valence-electron chi connectivity index (χ1n) is 5.72. The van der Waals surface area contributed by atoms with Crippen LogP contribution in [0.1, 0.15) is 16.8 Å². The lowest BCUT2D eigenvalue weighted by atomic mass is 10.1. The SMILES string of the molecule is NC(=S)CCNC(=O)c1ccc2ccccc2c1. The van der Waals surface area contributed by atoms with E-state index in [2.05, 4.69) is 5.32 Å². The van der Waals surface area contributed by atoms with E-state index in [0.717, 1.165) is 10.8 Å². The summed E-state index contributed by atoms with van der Waals surface area (Å²) in [5.41, 5.74) is 6.02. The Hall–Kier alpha value is -1.94. The van der Waals surface area contributed by atoms with Gasteiger partial charge in [-0.15, -0.1) is 0 Å². The lowest BCUT2D eigenvalue weighted by molar-refractivity contribution is 0.0955. The molecule has 92 valence electrons. The minimum atomic E-state index is -0.1000. The van der Waals surface area contributed by atoms with Crippen LogP contribution >= 0.6 is 12.2 Å². The Balaban J connectivity index is 2.10. The van der Waals surface area contributed by atoms with Gasteiger partial charge in [-0.25, -0.2) is 0 Å². The number of carbonyl (C=O) groups excluding carboxylic acids is 1. The fourth-order valence-electron chi connectivity index (χ4n) is 1.73. The number of amides is 1. The van der Waals surface area contributed by atoms with Crippen LogP contribution in [0.15, 0.2) is 42.5 Å². The molecule has 0 saturated heterocycles. The molecule has 0 bridgehead atoms. The number of hydrogen-bond acceptors (Lipinski definition) is 2. The van der Waals surface area contributed by atoms with Gasteiger partial charge in [0.25, 0.3) is 5.91 Å². The highest BCUT2D eigenvalue weighted by molar-refractivity contribution is 7.80. The Morgan fingerprint density at radius 1 is 1.17 bits per heavy atom. The minimum Gasteiger partial charge on any atom is -0.393 e. The number of nitrogens with two attached hydrogens (primary N) is 1. The summed E-state index contributed by atoms with van der Waals surface area (Å²) in [7, 11) is 0. The molecule has 2 rings (SSSR count). The monoisotopic (exact) mass is 258 g/mol. The smallest absolute Gasteiger partial charge is 0.251 e. The van der Waals surface area contributed by atoms with Gasteiger partial charge in [-0.2, -0.15) is 0 Å². The average Bonchev–Trinajstić information content (AvgIpc) is 2.37. The second-order valence-electron chi connectivity index (χ2n) is 4.03.